The molecule has 0 amide bonds. The average Bonchev–Trinajstić information content (AvgIpc) is 3.36. The Morgan fingerprint density at radius 1 is 1.24 bits per heavy atom. The van der Waals surface area contributed by atoms with E-state index in [1.165, 1.54) is 17.0 Å². The number of pyridine rings is 3. The molecule has 1 aliphatic rings. The molecule has 1 aliphatic heterocycles. The molecule has 6 rings (SSSR count). The number of aromatic nitrogens is 4. The van der Waals surface area contributed by atoms with Gasteiger partial charge in [-0.2, -0.15) is 0 Å². The summed E-state index contributed by atoms with van der Waals surface area (Å²) in [5.74, 6) is -3.43. The number of nitrogens with one attached hydrogen (secondary N) is 2. The number of carbonyl (C=O) groups is 1. The Morgan fingerprint density at radius 3 is 2.78 bits per heavy atom. The van der Waals surface area contributed by atoms with Gasteiger partial charge in [0.2, 0.25) is 5.43 Å². The lowest BCUT2D eigenvalue weighted by molar-refractivity contribution is 0.0248. The Balaban J connectivity index is 1.69. The van der Waals surface area contributed by atoms with Crippen molar-refractivity contribution in [2.45, 2.75) is 12.5 Å². The molecule has 0 aliphatic carbocycles. The second kappa shape index (κ2) is 10.1. The fourth-order valence-electron chi connectivity index (χ4n) is 5.58. The van der Waals surface area contributed by atoms with Crippen LogP contribution in [-0.2, 0) is 11.8 Å². The van der Waals surface area contributed by atoms with E-state index < -0.39 is 28.6 Å². The van der Waals surface area contributed by atoms with Crippen molar-refractivity contribution in [1.82, 2.24) is 19.5 Å². The minimum absolute atomic E-state index is 0.0109. The zero-order valence-corrected chi connectivity index (χ0v) is 22.2. The summed E-state index contributed by atoms with van der Waals surface area (Å²) in [5, 5.41) is 22.4. The van der Waals surface area contributed by atoms with Crippen LogP contribution in [0.5, 0.6) is 0 Å². The number of benzene rings is 1. The predicted octanol–water partition coefficient (Wildman–Crippen LogP) is 3.24. The molecule has 1 atom stereocenters. The molecule has 11 nitrogen and oxygen atoms in total. The zero-order chi connectivity index (χ0) is 29.0. The van der Waals surface area contributed by atoms with E-state index in [-0.39, 0.29) is 29.1 Å². The first kappa shape index (κ1) is 26.6. The first-order valence-electron chi connectivity index (χ1n) is 12.9. The highest BCUT2D eigenvalue weighted by Crippen LogP contribution is 2.43. The highest BCUT2D eigenvalue weighted by molar-refractivity contribution is 6.18. The molecule has 4 N–H and O–H groups in total. The van der Waals surface area contributed by atoms with Crippen LogP contribution < -0.4 is 15.6 Å². The summed E-state index contributed by atoms with van der Waals surface area (Å²) >= 11 is 0. The Kier molecular flexibility index (Phi) is 6.54. The standard InChI is InChI=1S/C28H26F2N6O5/c1-31-19-8-18(29)22(30)20-21-24(36-4-6-41-14(11-36)3-5-37)16(10-32-26(21)34-23(19)20)13-7-15-25(38)17(28(39)40)12-35(2)27(15)33-9-13/h7-10,12,14,31,37H,3-6,11H2,1-2H3,(H,32,34)(H,39,40). The van der Waals surface area contributed by atoms with Crippen LogP contribution in [0.2, 0.25) is 0 Å². The summed E-state index contributed by atoms with van der Waals surface area (Å²) < 4.78 is 37.6. The van der Waals surface area contributed by atoms with Crippen molar-refractivity contribution in [2.75, 3.05) is 43.6 Å². The maximum Gasteiger partial charge on any atom is 0.341 e. The molecule has 5 aromatic rings. The van der Waals surface area contributed by atoms with Crippen molar-refractivity contribution in [3.8, 4) is 11.1 Å². The van der Waals surface area contributed by atoms with Crippen molar-refractivity contribution in [1.29, 1.82) is 0 Å². The molecule has 0 bridgehead atoms. The maximum absolute atomic E-state index is 15.5. The van der Waals surface area contributed by atoms with Gasteiger partial charge in [-0.05, 0) is 12.5 Å². The number of ether oxygens (including phenoxy) is 1. The maximum atomic E-state index is 15.5. The third-order valence-corrected chi connectivity index (χ3v) is 7.49. The molecular formula is C28H26F2N6O5. The molecule has 5 heterocycles. The Morgan fingerprint density at radius 2 is 2.05 bits per heavy atom. The van der Waals surface area contributed by atoms with Gasteiger partial charge in [0.15, 0.2) is 11.6 Å². The number of carboxylic acids is 1. The molecule has 1 saturated heterocycles. The normalized spacial score (nSPS) is 15.7. The number of H-pyrrole nitrogens is 1. The number of carboxylic acid groups (broad SMARTS) is 1. The number of aliphatic hydroxyl groups excluding tert-OH is 1. The number of aliphatic hydroxyl groups is 1. The van der Waals surface area contributed by atoms with E-state index in [0.717, 1.165) is 6.07 Å². The van der Waals surface area contributed by atoms with E-state index in [0.29, 0.717) is 65.2 Å². The second-order valence-corrected chi connectivity index (χ2v) is 9.92. The number of fused-ring (bicyclic) bond motifs is 4. The van der Waals surface area contributed by atoms with Crippen LogP contribution in [0.4, 0.5) is 20.2 Å². The van der Waals surface area contributed by atoms with Gasteiger partial charge in [0.05, 0.1) is 45.8 Å². The van der Waals surface area contributed by atoms with Gasteiger partial charge in [-0.3, -0.25) is 4.79 Å². The Hall–Kier alpha value is -4.62. The number of aromatic carboxylic acids is 1. The molecule has 13 heteroatoms. The lowest BCUT2D eigenvalue weighted by atomic mass is 10.00. The molecule has 1 fully saturated rings. The highest BCUT2D eigenvalue weighted by Gasteiger charge is 2.29. The van der Waals surface area contributed by atoms with Crippen LogP contribution in [0.3, 0.4) is 0 Å². The largest absolute Gasteiger partial charge is 0.477 e. The minimum atomic E-state index is -1.36. The van der Waals surface area contributed by atoms with Gasteiger partial charge in [0, 0.05) is 69.6 Å². The van der Waals surface area contributed by atoms with Crippen LogP contribution in [0.1, 0.15) is 16.8 Å². The summed E-state index contributed by atoms with van der Waals surface area (Å²) in [7, 11) is 3.20. The quantitative estimate of drug-likeness (QED) is 0.244. The number of morpholine rings is 1. The van der Waals surface area contributed by atoms with Crippen molar-refractivity contribution in [2.24, 2.45) is 7.05 Å². The van der Waals surface area contributed by atoms with Gasteiger partial charge < -0.3 is 34.7 Å². The van der Waals surface area contributed by atoms with E-state index in [4.69, 9.17) is 4.74 Å². The number of rotatable bonds is 6. The van der Waals surface area contributed by atoms with E-state index >= 15 is 4.39 Å². The first-order chi connectivity index (χ1) is 19.7. The van der Waals surface area contributed by atoms with Crippen molar-refractivity contribution in [3.63, 3.8) is 0 Å². The summed E-state index contributed by atoms with van der Waals surface area (Å²) in [5.41, 5.74) is 1.64. The smallest absolute Gasteiger partial charge is 0.341 e. The number of hydrogen-bond donors (Lipinski definition) is 4. The van der Waals surface area contributed by atoms with Gasteiger partial charge in [-0.25, -0.2) is 23.5 Å². The average molecular weight is 565 g/mol. The highest BCUT2D eigenvalue weighted by atomic mass is 19.2. The zero-order valence-electron chi connectivity index (χ0n) is 22.2. The van der Waals surface area contributed by atoms with Crippen LogP contribution in [0.25, 0.3) is 44.1 Å². The number of nitrogens with zero attached hydrogens (tertiary/aromatic N) is 4. The molecule has 1 unspecified atom stereocenters. The number of aryl methyl sites for hydroxylation is 1. The molecule has 0 saturated carbocycles. The van der Waals surface area contributed by atoms with Gasteiger partial charge in [0.25, 0.3) is 0 Å². The number of hydrogen-bond acceptors (Lipinski definition) is 8. The van der Waals surface area contributed by atoms with Crippen LogP contribution in [0.15, 0.2) is 35.5 Å². The fourth-order valence-corrected chi connectivity index (χ4v) is 5.58. The monoisotopic (exact) mass is 564 g/mol. The lowest BCUT2D eigenvalue weighted by Crippen LogP contribution is -2.43. The first-order valence-corrected chi connectivity index (χ1v) is 12.9. The number of halogens is 2. The van der Waals surface area contributed by atoms with Gasteiger partial charge in [0.1, 0.15) is 16.9 Å². The third-order valence-electron chi connectivity index (χ3n) is 7.49. The lowest BCUT2D eigenvalue weighted by Gasteiger charge is -2.36. The van der Waals surface area contributed by atoms with E-state index in [9.17, 15) is 24.2 Å². The van der Waals surface area contributed by atoms with Crippen LogP contribution in [-0.4, -0.2) is 75.2 Å². The molecule has 0 spiro atoms. The van der Waals surface area contributed by atoms with Gasteiger partial charge in [-0.15, -0.1) is 0 Å². The summed E-state index contributed by atoms with van der Waals surface area (Å²) in [6.45, 7) is 0.996. The third kappa shape index (κ3) is 4.24. The molecule has 1 aromatic carbocycles. The second-order valence-electron chi connectivity index (χ2n) is 9.92. The van der Waals surface area contributed by atoms with E-state index in [1.54, 1.807) is 26.4 Å². The van der Waals surface area contributed by atoms with E-state index in [2.05, 4.69) is 20.3 Å². The fraction of sp³-hybridized carbons (Fsp3) is 0.286. The number of aromatic amines is 1. The van der Waals surface area contributed by atoms with E-state index in [1.807, 2.05) is 4.90 Å². The molecule has 41 heavy (non-hydrogen) atoms. The van der Waals surface area contributed by atoms with Crippen molar-refractivity contribution >= 4 is 50.3 Å². The summed E-state index contributed by atoms with van der Waals surface area (Å²) in [6, 6.07) is 2.61. The molecule has 4 aromatic heterocycles. The SMILES string of the molecule is CNc1cc(F)c(F)c2c1[nH]c1ncc(-c3cnc4c(c3)c(=O)c(C(=O)O)cn4C)c(N3CCOC(CCO)C3)c12. The predicted molar refractivity (Wildman–Crippen MR) is 150 cm³/mol. The van der Waals surface area contributed by atoms with Crippen molar-refractivity contribution < 1.29 is 28.5 Å². The Labute approximate surface area is 231 Å². The molecule has 0 radical (unpaired) electrons. The number of anilines is 2. The van der Waals surface area contributed by atoms with Crippen LogP contribution in [0, 0.1) is 11.6 Å². The van der Waals surface area contributed by atoms with Crippen molar-refractivity contribution in [3.05, 3.63) is 58.1 Å². The topological polar surface area (TPSA) is 146 Å². The Bertz CT molecular complexity index is 1920. The minimum Gasteiger partial charge on any atom is -0.477 e. The van der Waals surface area contributed by atoms with Gasteiger partial charge >= 0.3 is 5.97 Å². The van der Waals surface area contributed by atoms with Crippen LogP contribution >= 0.6 is 0 Å². The summed E-state index contributed by atoms with van der Waals surface area (Å²) in [6.07, 6.45) is 4.38. The molecule has 212 valence electrons. The van der Waals surface area contributed by atoms with Gasteiger partial charge in [-0.1, -0.05) is 0 Å². The molecular weight excluding hydrogens is 538 g/mol. The summed E-state index contributed by atoms with van der Waals surface area (Å²) in [4.78, 5) is 38.9.